The van der Waals surface area contributed by atoms with Gasteiger partial charge in [-0.3, -0.25) is 0 Å². The van der Waals surface area contributed by atoms with Crippen molar-refractivity contribution >= 4 is 0 Å². The van der Waals surface area contributed by atoms with E-state index < -0.39 is 0 Å². The highest BCUT2D eigenvalue weighted by atomic mass is 16.5. The SMILES string of the molecule is C1CCOCC1.CC1CCCNC1. The van der Waals surface area contributed by atoms with Gasteiger partial charge in [-0.25, -0.2) is 0 Å². The van der Waals surface area contributed by atoms with Crippen LogP contribution in [0.4, 0.5) is 0 Å². The van der Waals surface area contributed by atoms with Crippen molar-refractivity contribution in [3.05, 3.63) is 0 Å². The van der Waals surface area contributed by atoms with Gasteiger partial charge < -0.3 is 10.1 Å². The van der Waals surface area contributed by atoms with Crippen molar-refractivity contribution < 1.29 is 4.74 Å². The van der Waals surface area contributed by atoms with Crippen LogP contribution in [0.1, 0.15) is 39.0 Å². The first-order valence-electron chi connectivity index (χ1n) is 5.68. The van der Waals surface area contributed by atoms with E-state index in [9.17, 15) is 0 Å². The topological polar surface area (TPSA) is 21.3 Å². The van der Waals surface area contributed by atoms with Crippen molar-refractivity contribution in [1.82, 2.24) is 5.32 Å². The zero-order chi connectivity index (χ0) is 9.36. The molecule has 13 heavy (non-hydrogen) atoms. The lowest BCUT2D eigenvalue weighted by Gasteiger charge is -2.17. The number of rotatable bonds is 0. The van der Waals surface area contributed by atoms with E-state index in [2.05, 4.69) is 12.2 Å². The summed E-state index contributed by atoms with van der Waals surface area (Å²) in [4.78, 5) is 0. The molecule has 1 atom stereocenters. The van der Waals surface area contributed by atoms with Gasteiger partial charge in [-0.2, -0.15) is 0 Å². The second-order valence-electron chi connectivity index (χ2n) is 4.12. The van der Waals surface area contributed by atoms with Gasteiger partial charge in [0.25, 0.3) is 0 Å². The summed E-state index contributed by atoms with van der Waals surface area (Å²) in [6.45, 7) is 6.77. The quantitative estimate of drug-likeness (QED) is 0.624. The van der Waals surface area contributed by atoms with Gasteiger partial charge in [-0.05, 0) is 51.1 Å². The summed E-state index contributed by atoms with van der Waals surface area (Å²) in [6, 6.07) is 0. The fourth-order valence-corrected chi connectivity index (χ4v) is 1.71. The van der Waals surface area contributed by atoms with E-state index in [1.54, 1.807) is 0 Å². The van der Waals surface area contributed by atoms with Crippen LogP contribution in [-0.4, -0.2) is 26.3 Å². The lowest BCUT2D eigenvalue weighted by Crippen LogP contribution is -2.27. The van der Waals surface area contributed by atoms with Crippen LogP contribution < -0.4 is 5.32 Å². The van der Waals surface area contributed by atoms with Crippen LogP contribution in [0.5, 0.6) is 0 Å². The molecule has 2 nitrogen and oxygen atoms in total. The summed E-state index contributed by atoms with van der Waals surface area (Å²) in [6.07, 6.45) is 6.73. The summed E-state index contributed by atoms with van der Waals surface area (Å²) < 4.78 is 5.07. The third-order valence-electron chi connectivity index (χ3n) is 2.62. The molecule has 0 saturated carbocycles. The number of ether oxygens (including phenoxy) is 1. The van der Waals surface area contributed by atoms with E-state index in [-0.39, 0.29) is 0 Å². The Labute approximate surface area is 82.0 Å². The lowest BCUT2D eigenvalue weighted by molar-refractivity contribution is 0.0968. The average molecular weight is 185 g/mol. The summed E-state index contributed by atoms with van der Waals surface area (Å²) in [5.41, 5.74) is 0. The molecule has 0 bridgehead atoms. The number of hydrogen-bond acceptors (Lipinski definition) is 2. The van der Waals surface area contributed by atoms with Crippen LogP contribution in [-0.2, 0) is 4.74 Å². The molecule has 0 aliphatic carbocycles. The van der Waals surface area contributed by atoms with Gasteiger partial charge in [-0.15, -0.1) is 0 Å². The third-order valence-corrected chi connectivity index (χ3v) is 2.62. The minimum absolute atomic E-state index is 0.925. The van der Waals surface area contributed by atoms with Gasteiger partial charge in [0.15, 0.2) is 0 Å². The Hall–Kier alpha value is -0.0800. The largest absolute Gasteiger partial charge is 0.381 e. The van der Waals surface area contributed by atoms with Gasteiger partial charge in [-0.1, -0.05) is 6.92 Å². The predicted octanol–water partition coefficient (Wildman–Crippen LogP) is 2.19. The summed E-state index contributed by atoms with van der Waals surface area (Å²) in [5.74, 6) is 0.925. The molecular formula is C11H23NO. The predicted molar refractivity (Wildman–Crippen MR) is 55.9 cm³/mol. The van der Waals surface area contributed by atoms with Crippen molar-refractivity contribution in [2.75, 3.05) is 26.3 Å². The molecule has 1 unspecified atom stereocenters. The Bertz CT molecular complexity index is 95.1. The van der Waals surface area contributed by atoms with Gasteiger partial charge in [0, 0.05) is 13.2 Å². The molecule has 0 aromatic carbocycles. The fraction of sp³-hybridized carbons (Fsp3) is 1.00. The first-order chi connectivity index (χ1) is 6.39. The molecule has 2 heteroatoms. The summed E-state index contributed by atoms with van der Waals surface area (Å²) >= 11 is 0. The van der Waals surface area contributed by atoms with Crippen LogP contribution in [0, 0.1) is 5.92 Å². The fourth-order valence-electron chi connectivity index (χ4n) is 1.71. The molecule has 2 saturated heterocycles. The first-order valence-corrected chi connectivity index (χ1v) is 5.68. The lowest BCUT2D eigenvalue weighted by atomic mass is 10.0. The molecule has 0 radical (unpaired) electrons. The van der Waals surface area contributed by atoms with E-state index in [1.165, 1.54) is 45.2 Å². The van der Waals surface area contributed by atoms with Crippen molar-refractivity contribution in [2.45, 2.75) is 39.0 Å². The Kier molecular flexibility index (Phi) is 6.21. The highest BCUT2D eigenvalue weighted by Gasteiger charge is 2.04. The number of nitrogens with one attached hydrogen (secondary N) is 1. The summed E-state index contributed by atoms with van der Waals surface area (Å²) in [7, 11) is 0. The summed E-state index contributed by atoms with van der Waals surface area (Å²) in [5, 5.41) is 3.33. The first kappa shape index (κ1) is 11.0. The van der Waals surface area contributed by atoms with Crippen molar-refractivity contribution in [3.63, 3.8) is 0 Å². The van der Waals surface area contributed by atoms with Crippen LogP contribution in [0.3, 0.4) is 0 Å². The molecule has 0 aromatic heterocycles. The van der Waals surface area contributed by atoms with E-state index in [1.807, 2.05) is 0 Å². The van der Waals surface area contributed by atoms with E-state index in [4.69, 9.17) is 4.74 Å². The Morgan fingerprint density at radius 1 is 1.08 bits per heavy atom. The Balaban J connectivity index is 0.000000132. The molecule has 0 spiro atoms. The molecule has 2 fully saturated rings. The van der Waals surface area contributed by atoms with E-state index in [0.717, 1.165) is 19.1 Å². The van der Waals surface area contributed by atoms with Crippen LogP contribution in [0.2, 0.25) is 0 Å². The molecule has 78 valence electrons. The van der Waals surface area contributed by atoms with Gasteiger partial charge in [0.1, 0.15) is 0 Å². The average Bonchev–Trinajstić information content (AvgIpc) is 2.22. The highest BCUT2D eigenvalue weighted by molar-refractivity contribution is 4.63. The normalized spacial score (nSPS) is 28.8. The van der Waals surface area contributed by atoms with Crippen LogP contribution in [0.15, 0.2) is 0 Å². The number of piperidine rings is 1. The van der Waals surface area contributed by atoms with Gasteiger partial charge in [0.2, 0.25) is 0 Å². The van der Waals surface area contributed by atoms with Gasteiger partial charge in [0.05, 0.1) is 0 Å². The second-order valence-corrected chi connectivity index (χ2v) is 4.12. The molecular weight excluding hydrogens is 162 g/mol. The molecule has 0 aromatic rings. The van der Waals surface area contributed by atoms with E-state index in [0.29, 0.717) is 0 Å². The Morgan fingerprint density at radius 2 is 1.85 bits per heavy atom. The Morgan fingerprint density at radius 3 is 2.08 bits per heavy atom. The van der Waals surface area contributed by atoms with Crippen LogP contribution in [0.25, 0.3) is 0 Å². The minimum Gasteiger partial charge on any atom is -0.381 e. The zero-order valence-electron chi connectivity index (χ0n) is 8.85. The van der Waals surface area contributed by atoms with E-state index >= 15 is 0 Å². The standard InChI is InChI=1S/C6H13N.C5H10O/c1-6-3-2-4-7-5-6;1-2-4-6-5-3-1/h6-7H,2-5H2,1H3;1-5H2. The maximum Gasteiger partial charge on any atom is 0.0466 e. The maximum atomic E-state index is 5.07. The zero-order valence-corrected chi connectivity index (χ0v) is 8.85. The smallest absolute Gasteiger partial charge is 0.0466 e. The monoisotopic (exact) mass is 185 g/mol. The molecule has 0 amide bonds. The third kappa shape index (κ3) is 6.05. The maximum absolute atomic E-state index is 5.07. The number of hydrogen-bond donors (Lipinski definition) is 1. The molecule has 2 aliphatic heterocycles. The highest BCUT2D eigenvalue weighted by Crippen LogP contribution is 2.06. The van der Waals surface area contributed by atoms with Crippen molar-refractivity contribution in [3.8, 4) is 0 Å². The molecule has 1 N–H and O–H groups in total. The van der Waals surface area contributed by atoms with Crippen molar-refractivity contribution in [2.24, 2.45) is 5.92 Å². The van der Waals surface area contributed by atoms with Crippen LogP contribution >= 0.6 is 0 Å². The minimum atomic E-state index is 0.925. The molecule has 2 heterocycles. The molecule has 2 rings (SSSR count). The van der Waals surface area contributed by atoms with Gasteiger partial charge >= 0.3 is 0 Å². The second kappa shape index (κ2) is 7.34. The molecule has 2 aliphatic rings. The van der Waals surface area contributed by atoms with Crippen molar-refractivity contribution in [1.29, 1.82) is 0 Å².